The van der Waals surface area contributed by atoms with Crippen LogP contribution in [0.15, 0.2) is 22.0 Å². The van der Waals surface area contributed by atoms with Gasteiger partial charge < -0.3 is 14.5 Å². The van der Waals surface area contributed by atoms with Gasteiger partial charge in [0.1, 0.15) is 11.0 Å². The quantitative estimate of drug-likeness (QED) is 0.764. The molecule has 3 heterocycles. The molecule has 0 saturated carbocycles. The molecular formula is C16H27ClN6O. The maximum atomic E-state index is 6.31. The van der Waals surface area contributed by atoms with Gasteiger partial charge in [0, 0.05) is 50.9 Å². The molecule has 0 atom stereocenters. The lowest BCUT2D eigenvalue weighted by Crippen LogP contribution is -2.54. The van der Waals surface area contributed by atoms with Gasteiger partial charge in [-0.3, -0.25) is 10.3 Å². The molecule has 24 heavy (non-hydrogen) atoms. The number of nitrogens with zero attached hydrogens (tertiary/aromatic N) is 5. The van der Waals surface area contributed by atoms with Crippen LogP contribution in [0.3, 0.4) is 0 Å². The lowest BCUT2D eigenvalue weighted by atomic mass is 10.1. The lowest BCUT2D eigenvalue weighted by Gasteiger charge is -2.42. The Balaban J connectivity index is 1.64. The van der Waals surface area contributed by atoms with Crippen LogP contribution >= 0.6 is 11.6 Å². The first-order chi connectivity index (χ1) is 11.4. The van der Waals surface area contributed by atoms with E-state index in [2.05, 4.69) is 51.0 Å². The Morgan fingerprint density at radius 3 is 2.33 bits per heavy atom. The van der Waals surface area contributed by atoms with E-state index in [0.29, 0.717) is 11.1 Å². The fraction of sp³-hybridized carbons (Fsp3) is 0.750. The standard InChI is InChI=1S/C16H27ClN6O/c1-16(2,3)23-6-4-22(5-7-23)15-18-13(17)12-14(19-20-15)21-8-10-24-11-9-21/h12,19H,4-11H2,1-3H3. The number of halogens is 1. The highest BCUT2D eigenvalue weighted by atomic mass is 35.5. The Kier molecular flexibility index (Phi) is 5.32. The average molecular weight is 355 g/mol. The van der Waals surface area contributed by atoms with Crippen LogP contribution in [0.1, 0.15) is 20.8 Å². The summed E-state index contributed by atoms with van der Waals surface area (Å²) in [4.78, 5) is 11.3. The summed E-state index contributed by atoms with van der Waals surface area (Å²) < 4.78 is 5.39. The molecule has 2 fully saturated rings. The molecule has 0 aliphatic carbocycles. The number of ether oxygens (including phenoxy) is 1. The van der Waals surface area contributed by atoms with Gasteiger partial charge in [0.15, 0.2) is 0 Å². The van der Waals surface area contributed by atoms with Gasteiger partial charge in [0.25, 0.3) is 0 Å². The number of hydrogen-bond donors (Lipinski definition) is 1. The van der Waals surface area contributed by atoms with E-state index < -0.39 is 0 Å². The van der Waals surface area contributed by atoms with E-state index in [1.807, 2.05) is 6.08 Å². The molecule has 0 radical (unpaired) electrons. The van der Waals surface area contributed by atoms with Gasteiger partial charge in [0.2, 0.25) is 5.96 Å². The molecule has 8 heteroatoms. The van der Waals surface area contributed by atoms with Crippen molar-refractivity contribution in [1.82, 2.24) is 20.1 Å². The zero-order valence-electron chi connectivity index (χ0n) is 14.8. The number of allylic oxidation sites excluding steroid dienone is 1. The third-order valence-corrected chi connectivity index (χ3v) is 4.79. The maximum absolute atomic E-state index is 6.31. The fourth-order valence-corrected chi connectivity index (χ4v) is 3.27. The number of hydrazone groups is 1. The topological polar surface area (TPSA) is 55.7 Å². The van der Waals surface area contributed by atoms with Crippen molar-refractivity contribution in [2.24, 2.45) is 10.1 Å². The van der Waals surface area contributed by atoms with Gasteiger partial charge in [0.05, 0.1) is 13.2 Å². The summed E-state index contributed by atoms with van der Waals surface area (Å²) in [5.41, 5.74) is 3.33. The van der Waals surface area contributed by atoms with E-state index in [0.717, 1.165) is 58.3 Å². The number of guanidine groups is 1. The molecule has 0 spiro atoms. The minimum Gasteiger partial charge on any atom is -0.378 e. The molecule has 3 aliphatic rings. The molecular weight excluding hydrogens is 328 g/mol. The van der Waals surface area contributed by atoms with Crippen molar-refractivity contribution in [1.29, 1.82) is 0 Å². The van der Waals surface area contributed by atoms with E-state index in [9.17, 15) is 0 Å². The fourth-order valence-electron chi connectivity index (χ4n) is 3.09. The second-order valence-corrected chi connectivity index (χ2v) is 7.62. The smallest absolute Gasteiger partial charge is 0.244 e. The normalized spacial score (nSPS) is 23.9. The summed E-state index contributed by atoms with van der Waals surface area (Å²) in [6, 6.07) is 0. The highest BCUT2D eigenvalue weighted by Gasteiger charge is 2.28. The molecule has 1 N–H and O–H groups in total. The molecule has 0 amide bonds. The van der Waals surface area contributed by atoms with Gasteiger partial charge in [-0.05, 0) is 20.8 Å². The first-order valence-corrected chi connectivity index (χ1v) is 8.93. The van der Waals surface area contributed by atoms with E-state index in [-0.39, 0.29) is 5.54 Å². The minimum absolute atomic E-state index is 0.196. The second kappa shape index (κ2) is 7.29. The molecule has 2 saturated heterocycles. The van der Waals surface area contributed by atoms with E-state index in [1.165, 1.54) is 0 Å². The van der Waals surface area contributed by atoms with Crippen molar-refractivity contribution in [3.8, 4) is 0 Å². The first-order valence-electron chi connectivity index (χ1n) is 8.56. The molecule has 0 aromatic heterocycles. The number of hydrogen-bond acceptors (Lipinski definition) is 7. The number of rotatable bonds is 1. The third-order valence-electron chi connectivity index (χ3n) is 4.60. The first kappa shape index (κ1) is 17.5. The van der Waals surface area contributed by atoms with E-state index in [1.54, 1.807) is 0 Å². The van der Waals surface area contributed by atoms with Crippen LogP contribution in [-0.4, -0.2) is 83.9 Å². The highest BCUT2D eigenvalue weighted by molar-refractivity contribution is 6.69. The summed E-state index contributed by atoms with van der Waals surface area (Å²) in [7, 11) is 0. The molecule has 134 valence electrons. The molecule has 0 aromatic carbocycles. The molecule has 7 nitrogen and oxygen atoms in total. The monoisotopic (exact) mass is 354 g/mol. The number of nitrogens with one attached hydrogen (secondary N) is 1. The summed E-state index contributed by atoms with van der Waals surface area (Å²) in [5, 5.41) is 4.95. The number of aliphatic imine (C=N–C) groups is 1. The highest BCUT2D eigenvalue weighted by Crippen LogP contribution is 2.17. The number of morpholine rings is 1. The summed E-state index contributed by atoms with van der Waals surface area (Å²) in [6.45, 7) is 13.7. The van der Waals surface area contributed by atoms with Gasteiger partial charge in [-0.2, -0.15) is 4.99 Å². The zero-order chi connectivity index (χ0) is 17.2. The lowest BCUT2D eigenvalue weighted by molar-refractivity contribution is 0.0504. The van der Waals surface area contributed by atoms with Gasteiger partial charge in [-0.15, -0.1) is 5.10 Å². The predicted molar refractivity (Wildman–Crippen MR) is 97.2 cm³/mol. The largest absolute Gasteiger partial charge is 0.378 e. The van der Waals surface area contributed by atoms with Crippen molar-refractivity contribution >= 4 is 22.7 Å². The van der Waals surface area contributed by atoms with Crippen LogP contribution in [0.2, 0.25) is 0 Å². The van der Waals surface area contributed by atoms with Crippen molar-refractivity contribution in [2.75, 3.05) is 52.5 Å². The van der Waals surface area contributed by atoms with Gasteiger partial charge in [-0.1, -0.05) is 11.6 Å². The Morgan fingerprint density at radius 1 is 1.04 bits per heavy atom. The molecule has 3 rings (SSSR count). The van der Waals surface area contributed by atoms with Crippen molar-refractivity contribution in [2.45, 2.75) is 26.3 Å². The predicted octanol–water partition coefficient (Wildman–Crippen LogP) is 1.09. The van der Waals surface area contributed by atoms with Crippen LogP contribution in [0.4, 0.5) is 0 Å². The molecule has 0 bridgehead atoms. The maximum Gasteiger partial charge on any atom is 0.244 e. The SMILES string of the molecule is CC(C)(C)N1CCN(C2=NNC(N3CCOCC3)=CC(Cl)=N2)CC1. The average Bonchev–Trinajstić information content (AvgIpc) is 2.77. The molecule has 0 unspecified atom stereocenters. The van der Waals surface area contributed by atoms with Gasteiger partial charge >= 0.3 is 0 Å². The summed E-state index contributed by atoms with van der Waals surface area (Å²) in [5.74, 6) is 1.54. The number of piperazine rings is 1. The van der Waals surface area contributed by atoms with Crippen LogP contribution in [-0.2, 0) is 4.74 Å². The minimum atomic E-state index is 0.196. The second-order valence-electron chi connectivity index (χ2n) is 7.23. The Bertz CT molecular complexity index is 539. The Hall–Kier alpha value is -1.31. The van der Waals surface area contributed by atoms with Crippen LogP contribution in [0.25, 0.3) is 0 Å². The summed E-state index contributed by atoms with van der Waals surface area (Å²) >= 11 is 6.31. The third kappa shape index (κ3) is 4.20. The van der Waals surface area contributed by atoms with E-state index >= 15 is 0 Å². The van der Waals surface area contributed by atoms with Crippen molar-refractivity contribution in [3.63, 3.8) is 0 Å². The Morgan fingerprint density at radius 2 is 1.71 bits per heavy atom. The van der Waals surface area contributed by atoms with Crippen molar-refractivity contribution in [3.05, 3.63) is 11.9 Å². The van der Waals surface area contributed by atoms with Crippen LogP contribution < -0.4 is 5.43 Å². The van der Waals surface area contributed by atoms with E-state index in [4.69, 9.17) is 16.3 Å². The van der Waals surface area contributed by atoms with Gasteiger partial charge in [-0.25, -0.2) is 0 Å². The van der Waals surface area contributed by atoms with Crippen LogP contribution in [0.5, 0.6) is 0 Å². The molecule has 0 aromatic rings. The van der Waals surface area contributed by atoms with Crippen LogP contribution in [0, 0.1) is 0 Å². The zero-order valence-corrected chi connectivity index (χ0v) is 15.5. The summed E-state index contributed by atoms with van der Waals surface area (Å²) in [6.07, 6.45) is 1.84. The Labute approximate surface area is 149 Å². The molecule has 3 aliphatic heterocycles. The van der Waals surface area contributed by atoms with Crippen molar-refractivity contribution < 1.29 is 4.74 Å².